The first-order valence-corrected chi connectivity index (χ1v) is 9.42. The maximum Gasteiger partial charge on any atom is 0.379 e. The fourth-order valence-corrected chi connectivity index (χ4v) is 3.89. The van der Waals surface area contributed by atoms with Gasteiger partial charge in [-0.25, -0.2) is 0 Å². The number of halogens is 3. The Bertz CT molecular complexity index is 588. The number of Topliss-reactive ketones (excluding diaryl/α,β-unsaturated/α-hetero) is 1. The molecule has 0 aromatic heterocycles. The van der Waals surface area contributed by atoms with Crippen molar-refractivity contribution in [3.05, 3.63) is 11.6 Å². The van der Waals surface area contributed by atoms with Gasteiger partial charge in [-0.2, -0.15) is 18.4 Å². The van der Waals surface area contributed by atoms with Crippen molar-refractivity contribution in [3.63, 3.8) is 0 Å². The highest BCUT2D eigenvalue weighted by Gasteiger charge is 2.37. The average molecular weight is 386 g/mol. The molecule has 1 fully saturated rings. The Morgan fingerprint density at radius 1 is 1.30 bits per heavy atom. The molecular weight excluding hydrogens is 357 g/mol. The third kappa shape index (κ3) is 7.36. The first kappa shape index (κ1) is 23.2. The summed E-state index contributed by atoms with van der Waals surface area (Å²) >= 11 is 0. The molecule has 0 N–H and O–H groups in total. The number of alkyl halides is 3. The molecule has 0 aliphatic heterocycles. The van der Waals surface area contributed by atoms with Crippen molar-refractivity contribution in [2.24, 2.45) is 17.3 Å². The molecular formula is C20H29F3N2O2. The van der Waals surface area contributed by atoms with Crippen molar-refractivity contribution < 1.29 is 22.8 Å². The largest absolute Gasteiger partial charge is 0.379 e. The lowest BCUT2D eigenvalue weighted by Crippen LogP contribution is -2.37. The summed E-state index contributed by atoms with van der Waals surface area (Å²) in [6.07, 6.45) is 9.00. The number of hydrogen-bond donors (Lipinski definition) is 0. The van der Waals surface area contributed by atoms with E-state index in [1.165, 1.54) is 6.42 Å². The molecule has 4 nitrogen and oxygen atoms in total. The lowest BCUT2D eigenvalue weighted by atomic mass is 9.71. The van der Waals surface area contributed by atoms with Gasteiger partial charge in [0, 0.05) is 24.9 Å². The fourth-order valence-electron chi connectivity index (χ4n) is 3.89. The summed E-state index contributed by atoms with van der Waals surface area (Å²) in [5, 5.41) is 9.14. The van der Waals surface area contributed by atoms with Gasteiger partial charge in [0.25, 0.3) is 0 Å². The van der Waals surface area contributed by atoms with Gasteiger partial charge >= 0.3 is 6.68 Å². The van der Waals surface area contributed by atoms with Crippen LogP contribution in [0.1, 0.15) is 58.8 Å². The minimum absolute atomic E-state index is 0.0529. The topological polar surface area (TPSA) is 61.2 Å². The summed E-state index contributed by atoms with van der Waals surface area (Å²) in [6, 6.07) is 2.03. The van der Waals surface area contributed by atoms with Crippen LogP contribution in [0.5, 0.6) is 0 Å². The number of amides is 1. The van der Waals surface area contributed by atoms with Crippen molar-refractivity contribution in [2.75, 3.05) is 13.6 Å². The minimum atomic E-state index is -3.67. The van der Waals surface area contributed by atoms with Gasteiger partial charge in [0.1, 0.15) is 6.07 Å². The van der Waals surface area contributed by atoms with E-state index in [1.54, 1.807) is 0 Å². The lowest BCUT2D eigenvalue weighted by molar-refractivity contribution is -0.135. The minimum Gasteiger partial charge on any atom is -0.346 e. The molecule has 0 aromatic rings. The molecule has 1 amide bonds. The second kappa shape index (κ2) is 10.5. The Hall–Kier alpha value is -1.84. The van der Waals surface area contributed by atoms with E-state index in [9.17, 15) is 22.8 Å². The van der Waals surface area contributed by atoms with Crippen LogP contribution >= 0.6 is 0 Å². The summed E-state index contributed by atoms with van der Waals surface area (Å²) < 4.78 is 29.0. The summed E-state index contributed by atoms with van der Waals surface area (Å²) in [6.45, 7) is 0.840. The average Bonchev–Trinajstić information content (AvgIpc) is 2.61. The maximum absolute atomic E-state index is 12.5. The van der Waals surface area contributed by atoms with Gasteiger partial charge in [-0.3, -0.25) is 9.59 Å². The molecule has 1 saturated carbocycles. The molecule has 0 bridgehead atoms. The normalized spacial score (nSPS) is 22.4. The Labute approximate surface area is 159 Å². The molecule has 0 aromatic carbocycles. The monoisotopic (exact) mass is 386 g/mol. The van der Waals surface area contributed by atoms with E-state index in [4.69, 9.17) is 5.26 Å². The van der Waals surface area contributed by atoms with Crippen LogP contribution in [0.2, 0.25) is 0 Å². The molecule has 2 rings (SSSR count). The Balaban J connectivity index is 0.000000828. The van der Waals surface area contributed by atoms with Crippen molar-refractivity contribution in [1.29, 1.82) is 5.26 Å². The number of allylic oxidation sites excluding steroid dienone is 2. The predicted octanol–water partition coefficient (Wildman–Crippen LogP) is 4.66. The van der Waals surface area contributed by atoms with E-state index in [2.05, 4.69) is 0 Å². The molecule has 2 aliphatic rings. The maximum atomic E-state index is 12.5. The van der Waals surface area contributed by atoms with Crippen LogP contribution in [0, 0.1) is 28.6 Å². The van der Waals surface area contributed by atoms with E-state index >= 15 is 0 Å². The van der Waals surface area contributed by atoms with Gasteiger partial charge in [-0.15, -0.1) is 0 Å². The number of carbonyl (C=O) groups is 2. The number of hydrogen-bond acceptors (Lipinski definition) is 3. The molecule has 7 heteroatoms. The SMILES string of the molecule is CN(CC[C@@H]1C=C(C#N)C(=O)C(C)(C)C1)C(=O)C1CCCCC1.FC(F)F. The first-order chi connectivity index (χ1) is 12.6. The summed E-state index contributed by atoms with van der Waals surface area (Å²) in [4.78, 5) is 26.4. The molecule has 152 valence electrons. The van der Waals surface area contributed by atoms with Crippen molar-refractivity contribution in [3.8, 4) is 6.07 Å². The van der Waals surface area contributed by atoms with E-state index in [1.807, 2.05) is 37.9 Å². The van der Waals surface area contributed by atoms with E-state index in [0.717, 1.165) is 38.5 Å². The number of nitriles is 1. The summed E-state index contributed by atoms with van der Waals surface area (Å²) in [5.74, 6) is 0.602. The van der Waals surface area contributed by atoms with Crippen LogP contribution in [0.25, 0.3) is 0 Å². The number of rotatable bonds is 4. The van der Waals surface area contributed by atoms with Gasteiger partial charge in [-0.05, 0) is 31.6 Å². The highest BCUT2D eigenvalue weighted by Crippen LogP contribution is 2.36. The highest BCUT2D eigenvalue weighted by atomic mass is 19.4. The zero-order valence-electron chi connectivity index (χ0n) is 16.3. The van der Waals surface area contributed by atoms with Crippen molar-refractivity contribution >= 4 is 11.7 Å². The number of ketones is 1. The van der Waals surface area contributed by atoms with Crippen molar-refractivity contribution in [1.82, 2.24) is 4.90 Å². The molecule has 0 saturated heterocycles. The van der Waals surface area contributed by atoms with E-state index in [0.29, 0.717) is 6.54 Å². The van der Waals surface area contributed by atoms with Crippen LogP contribution < -0.4 is 0 Å². The lowest BCUT2D eigenvalue weighted by Gasteiger charge is -2.32. The smallest absolute Gasteiger partial charge is 0.346 e. The van der Waals surface area contributed by atoms with Crippen LogP contribution in [-0.4, -0.2) is 36.9 Å². The molecule has 0 spiro atoms. The Kier molecular flexibility index (Phi) is 9.01. The van der Waals surface area contributed by atoms with E-state index in [-0.39, 0.29) is 29.1 Å². The van der Waals surface area contributed by atoms with Crippen LogP contribution in [0.3, 0.4) is 0 Å². The number of nitrogens with zero attached hydrogens (tertiary/aromatic N) is 2. The van der Waals surface area contributed by atoms with Crippen molar-refractivity contribution in [2.45, 2.75) is 65.5 Å². The van der Waals surface area contributed by atoms with Gasteiger partial charge < -0.3 is 4.90 Å². The summed E-state index contributed by atoms with van der Waals surface area (Å²) in [5.41, 5.74) is -0.191. The Morgan fingerprint density at radius 3 is 2.37 bits per heavy atom. The molecule has 0 heterocycles. The van der Waals surface area contributed by atoms with Gasteiger partial charge in [-0.1, -0.05) is 39.2 Å². The first-order valence-electron chi connectivity index (χ1n) is 9.42. The zero-order chi connectivity index (χ0) is 20.6. The zero-order valence-corrected chi connectivity index (χ0v) is 16.3. The molecule has 27 heavy (non-hydrogen) atoms. The summed E-state index contributed by atoms with van der Waals surface area (Å²) in [7, 11) is 1.88. The molecule has 1 atom stereocenters. The van der Waals surface area contributed by atoms with Gasteiger partial charge in [0.15, 0.2) is 5.78 Å². The fraction of sp³-hybridized carbons (Fsp3) is 0.750. The van der Waals surface area contributed by atoms with Crippen LogP contribution in [0.15, 0.2) is 11.6 Å². The third-order valence-electron chi connectivity index (χ3n) is 5.32. The third-order valence-corrected chi connectivity index (χ3v) is 5.32. The second-order valence-electron chi connectivity index (χ2n) is 8.00. The predicted molar refractivity (Wildman–Crippen MR) is 96.5 cm³/mol. The second-order valence-corrected chi connectivity index (χ2v) is 8.00. The standard InChI is InChI=1S/C19H28N2O2.CHF3/c1-19(2)12-14(11-16(13-20)17(19)22)9-10-21(3)18(23)15-7-5-4-6-8-15;2-1(3)4/h11,14-15H,4-10,12H2,1-3H3;1H/t14-;/m1./s1. The molecule has 2 aliphatic carbocycles. The van der Waals surface area contributed by atoms with Crippen LogP contribution in [0.4, 0.5) is 13.2 Å². The number of carbonyl (C=O) groups excluding carboxylic acids is 2. The van der Waals surface area contributed by atoms with Crippen LogP contribution in [-0.2, 0) is 9.59 Å². The van der Waals surface area contributed by atoms with Gasteiger partial charge in [0.2, 0.25) is 5.91 Å². The highest BCUT2D eigenvalue weighted by molar-refractivity contribution is 6.03. The quantitative estimate of drug-likeness (QED) is 0.706. The molecule has 0 unspecified atom stereocenters. The van der Waals surface area contributed by atoms with E-state index < -0.39 is 12.1 Å². The molecule has 0 radical (unpaired) electrons. The van der Waals surface area contributed by atoms with Gasteiger partial charge in [0.05, 0.1) is 5.57 Å². The Morgan fingerprint density at radius 2 is 1.85 bits per heavy atom.